The average Bonchev–Trinajstić information content (AvgIpc) is 2.76. The lowest BCUT2D eigenvalue weighted by molar-refractivity contribution is 0.631. The van der Waals surface area contributed by atoms with Crippen molar-refractivity contribution in [1.29, 1.82) is 0 Å². The molecule has 0 bridgehead atoms. The summed E-state index contributed by atoms with van der Waals surface area (Å²) >= 11 is 5.96. The quantitative estimate of drug-likeness (QED) is 0.691. The zero-order valence-electron chi connectivity index (χ0n) is 15.8. The Balaban J connectivity index is 1.36. The zero-order valence-corrected chi connectivity index (χ0v) is 16.5. The number of hydrogen-bond donors (Lipinski definition) is 1. The van der Waals surface area contributed by atoms with Crippen LogP contribution in [-0.4, -0.2) is 36.1 Å². The Kier molecular flexibility index (Phi) is 6.04. The Morgan fingerprint density at radius 1 is 0.786 bits per heavy atom. The van der Waals surface area contributed by atoms with Gasteiger partial charge in [-0.05, 0) is 35.9 Å². The van der Waals surface area contributed by atoms with Crippen LogP contribution in [0, 0.1) is 0 Å². The monoisotopic (exact) mass is 393 g/mol. The number of piperazine rings is 1. The first kappa shape index (κ1) is 18.7. The molecule has 3 heterocycles. The Bertz CT molecular complexity index is 877. The van der Waals surface area contributed by atoms with Crippen LogP contribution in [0.15, 0.2) is 67.0 Å². The minimum absolute atomic E-state index is 0.767. The summed E-state index contributed by atoms with van der Waals surface area (Å²) in [5.41, 5.74) is 2.45. The van der Waals surface area contributed by atoms with Crippen molar-refractivity contribution < 1.29 is 0 Å². The van der Waals surface area contributed by atoms with E-state index in [0.717, 1.165) is 55.9 Å². The van der Waals surface area contributed by atoms with Gasteiger partial charge in [-0.25, -0.2) is 9.97 Å². The predicted octanol–water partition coefficient (Wildman–Crippen LogP) is 3.75. The number of aromatic nitrogens is 2. The highest BCUT2D eigenvalue weighted by molar-refractivity contribution is 6.30. The molecule has 0 unspecified atom stereocenters. The molecule has 0 amide bonds. The molecule has 1 aliphatic heterocycles. The van der Waals surface area contributed by atoms with Crippen LogP contribution < -0.4 is 15.1 Å². The van der Waals surface area contributed by atoms with Gasteiger partial charge in [0, 0.05) is 62.2 Å². The molecule has 1 fully saturated rings. The van der Waals surface area contributed by atoms with Gasteiger partial charge in [0.2, 0.25) is 0 Å². The Labute approximate surface area is 171 Å². The average molecular weight is 394 g/mol. The summed E-state index contributed by atoms with van der Waals surface area (Å²) < 4.78 is 0. The van der Waals surface area contributed by atoms with Crippen molar-refractivity contribution in [3.8, 4) is 0 Å². The van der Waals surface area contributed by atoms with Gasteiger partial charge in [0.1, 0.15) is 11.6 Å². The van der Waals surface area contributed by atoms with E-state index in [1.165, 1.54) is 11.1 Å². The highest BCUT2D eigenvalue weighted by atomic mass is 35.5. The van der Waals surface area contributed by atoms with Gasteiger partial charge in [0.15, 0.2) is 0 Å². The maximum Gasteiger partial charge on any atom is 0.133 e. The van der Waals surface area contributed by atoms with Crippen molar-refractivity contribution in [3.63, 3.8) is 0 Å². The molecule has 1 aromatic carbocycles. The van der Waals surface area contributed by atoms with E-state index < -0.39 is 0 Å². The Hall–Kier alpha value is -2.63. The number of hydrogen-bond acceptors (Lipinski definition) is 5. The van der Waals surface area contributed by atoms with E-state index >= 15 is 0 Å². The van der Waals surface area contributed by atoms with Crippen molar-refractivity contribution in [2.24, 2.45) is 0 Å². The van der Waals surface area contributed by atoms with Crippen LogP contribution in [0.4, 0.5) is 11.6 Å². The van der Waals surface area contributed by atoms with Crippen molar-refractivity contribution in [2.45, 2.75) is 13.1 Å². The minimum atomic E-state index is 0.767. The summed E-state index contributed by atoms with van der Waals surface area (Å²) in [4.78, 5) is 13.8. The van der Waals surface area contributed by atoms with Gasteiger partial charge in [0.05, 0.1) is 0 Å². The second kappa shape index (κ2) is 9.04. The molecule has 0 spiro atoms. The molecular formula is C22H24ClN5. The lowest BCUT2D eigenvalue weighted by Crippen LogP contribution is -2.47. The van der Waals surface area contributed by atoms with Crippen molar-refractivity contribution in [1.82, 2.24) is 15.3 Å². The number of pyridine rings is 2. The first-order valence-electron chi connectivity index (χ1n) is 9.59. The molecule has 144 valence electrons. The van der Waals surface area contributed by atoms with Crippen LogP contribution in [0.1, 0.15) is 11.1 Å². The van der Waals surface area contributed by atoms with E-state index in [-0.39, 0.29) is 0 Å². The van der Waals surface area contributed by atoms with E-state index in [4.69, 9.17) is 11.6 Å². The van der Waals surface area contributed by atoms with Crippen LogP contribution in [0.2, 0.25) is 5.02 Å². The molecule has 28 heavy (non-hydrogen) atoms. The summed E-state index contributed by atoms with van der Waals surface area (Å²) in [7, 11) is 0. The largest absolute Gasteiger partial charge is 0.353 e. The van der Waals surface area contributed by atoms with Gasteiger partial charge in [-0.3, -0.25) is 0 Å². The van der Waals surface area contributed by atoms with Crippen molar-refractivity contribution in [2.75, 3.05) is 36.0 Å². The molecule has 0 radical (unpaired) electrons. The zero-order chi connectivity index (χ0) is 19.2. The molecule has 1 aliphatic rings. The van der Waals surface area contributed by atoms with Crippen molar-refractivity contribution in [3.05, 3.63) is 83.1 Å². The number of benzene rings is 1. The SMILES string of the molecule is Clc1ccc(CNCc2cccnc2N2CCN(c3ccccn3)CC2)cc1. The van der Waals surface area contributed by atoms with Gasteiger partial charge in [-0.1, -0.05) is 35.9 Å². The molecule has 1 N–H and O–H groups in total. The summed E-state index contributed by atoms with van der Waals surface area (Å²) in [5.74, 6) is 2.12. The van der Waals surface area contributed by atoms with Gasteiger partial charge in [-0.15, -0.1) is 0 Å². The maximum absolute atomic E-state index is 5.96. The highest BCUT2D eigenvalue weighted by Gasteiger charge is 2.20. The summed E-state index contributed by atoms with van der Waals surface area (Å²) in [6.07, 6.45) is 3.73. The van der Waals surface area contributed by atoms with Crippen molar-refractivity contribution >= 4 is 23.2 Å². The molecule has 5 nitrogen and oxygen atoms in total. The van der Waals surface area contributed by atoms with Gasteiger partial charge in [0.25, 0.3) is 0 Å². The van der Waals surface area contributed by atoms with Gasteiger partial charge < -0.3 is 15.1 Å². The summed E-state index contributed by atoms with van der Waals surface area (Å²) in [6, 6.07) is 18.2. The van der Waals surface area contributed by atoms with Crippen LogP contribution in [0.5, 0.6) is 0 Å². The van der Waals surface area contributed by atoms with Gasteiger partial charge >= 0.3 is 0 Å². The fraction of sp³-hybridized carbons (Fsp3) is 0.273. The second-order valence-corrected chi connectivity index (χ2v) is 7.31. The predicted molar refractivity (Wildman–Crippen MR) is 115 cm³/mol. The first-order valence-corrected chi connectivity index (χ1v) is 9.97. The third-order valence-electron chi connectivity index (χ3n) is 4.98. The minimum Gasteiger partial charge on any atom is -0.353 e. The number of halogens is 1. The lowest BCUT2D eigenvalue weighted by Gasteiger charge is -2.36. The third-order valence-corrected chi connectivity index (χ3v) is 5.23. The van der Waals surface area contributed by atoms with Crippen LogP contribution in [-0.2, 0) is 13.1 Å². The highest BCUT2D eigenvalue weighted by Crippen LogP contribution is 2.21. The first-order chi connectivity index (χ1) is 13.8. The topological polar surface area (TPSA) is 44.3 Å². The van der Waals surface area contributed by atoms with E-state index in [0.29, 0.717) is 0 Å². The van der Waals surface area contributed by atoms with E-state index in [2.05, 4.69) is 49.4 Å². The summed E-state index contributed by atoms with van der Waals surface area (Å²) in [5, 5.41) is 4.29. The van der Waals surface area contributed by atoms with Gasteiger partial charge in [-0.2, -0.15) is 0 Å². The van der Waals surface area contributed by atoms with E-state index in [9.17, 15) is 0 Å². The summed E-state index contributed by atoms with van der Waals surface area (Å²) in [6.45, 7) is 5.37. The molecule has 4 rings (SSSR count). The lowest BCUT2D eigenvalue weighted by atomic mass is 10.2. The van der Waals surface area contributed by atoms with E-state index in [1.54, 1.807) is 0 Å². The fourth-order valence-electron chi connectivity index (χ4n) is 3.48. The van der Waals surface area contributed by atoms with Crippen LogP contribution in [0.3, 0.4) is 0 Å². The molecule has 0 atom stereocenters. The smallest absolute Gasteiger partial charge is 0.133 e. The molecule has 3 aromatic rings. The number of rotatable bonds is 6. The molecular weight excluding hydrogens is 370 g/mol. The molecule has 1 saturated heterocycles. The fourth-order valence-corrected chi connectivity index (χ4v) is 3.61. The normalized spacial score (nSPS) is 14.3. The standard InChI is InChI=1S/C22H24ClN5/c23-20-8-6-18(7-9-20)16-24-17-19-4-3-11-26-22(19)28-14-12-27(13-15-28)21-5-1-2-10-25-21/h1-11,24H,12-17H2. The van der Waals surface area contributed by atoms with E-state index in [1.807, 2.05) is 42.7 Å². The number of nitrogens with one attached hydrogen (secondary N) is 1. The number of anilines is 2. The Morgan fingerprint density at radius 3 is 2.29 bits per heavy atom. The van der Waals surface area contributed by atoms with Crippen LogP contribution in [0.25, 0.3) is 0 Å². The Morgan fingerprint density at radius 2 is 1.54 bits per heavy atom. The maximum atomic E-state index is 5.96. The third kappa shape index (κ3) is 4.61. The second-order valence-electron chi connectivity index (χ2n) is 6.88. The molecule has 6 heteroatoms. The molecule has 0 aliphatic carbocycles. The molecule has 0 saturated carbocycles. The molecule has 2 aromatic heterocycles. The number of nitrogens with zero attached hydrogens (tertiary/aromatic N) is 4. The van der Waals surface area contributed by atoms with Crippen LogP contribution >= 0.6 is 11.6 Å².